The van der Waals surface area contributed by atoms with Gasteiger partial charge in [-0.25, -0.2) is 13.6 Å². The lowest BCUT2D eigenvalue weighted by molar-refractivity contribution is -0.133. The quantitative estimate of drug-likeness (QED) is 0.463. The highest BCUT2D eigenvalue weighted by atomic mass is 32.1. The molecule has 0 saturated carbocycles. The molecule has 0 fully saturated rings. The third-order valence-corrected chi connectivity index (χ3v) is 5.72. The van der Waals surface area contributed by atoms with E-state index in [9.17, 15) is 18.4 Å². The van der Waals surface area contributed by atoms with Crippen LogP contribution < -0.4 is 5.32 Å². The molecule has 1 N–H and O–H groups in total. The Morgan fingerprint density at radius 1 is 0.970 bits per heavy atom. The third-order valence-electron chi connectivity index (χ3n) is 4.86. The zero-order valence-electron chi connectivity index (χ0n) is 18.2. The fourth-order valence-electron chi connectivity index (χ4n) is 3.11. The van der Waals surface area contributed by atoms with Gasteiger partial charge in [0.1, 0.15) is 18.2 Å². The van der Waals surface area contributed by atoms with E-state index < -0.39 is 11.8 Å². The number of rotatable bonds is 10. The van der Waals surface area contributed by atoms with Crippen LogP contribution in [-0.4, -0.2) is 48.5 Å². The lowest BCUT2D eigenvalue weighted by Crippen LogP contribution is -2.45. The SMILES string of the molecule is COCCN(CC(=O)N(Cc1ccc(F)cc1)Cc1cccs1)C(=O)Nc1ccccc1F. The first-order chi connectivity index (χ1) is 16.0. The number of para-hydroxylation sites is 1. The van der Waals surface area contributed by atoms with Gasteiger partial charge in [-0.3, -0.25) is 4.79 Å². The minimum absolute atomic E-state index is 0.0270. The Morgan fingerprint density at radius 3 is 2.39 bits per heavy atom. The molecule has 0 radical (unpaired) electrons. The average Bonchev–Trinajstić information content (AvgIpc) is 3.32. The molecule has 0 saturated heterocycles. The number of amides is 3. The Hall–Kier alpha value is -3.30. The number of nitrogens with one attached hydrogen (secondary N) is 1. The van der Waals surface area contributed by atoms with Crippen LogP contribution in [0.3, 0.4) is 0 Å². The number of halogens is 2. The number of methoxy groups -OCH3 is 1. The first-order valence-corrected chi connectivity index (χ1v) is 11.2. The predicted octanol–water partition coefficient (Wildman–Crippen LogP) is 4.74. The van der Waals surface area contributed by atoms with E-state index >= 15 is 0 Å². The number of nitrogens with zero attached hydrogens (tertiary/aromatic N) is 2. The molecule has 0 unspecified atom stereocenters. The molecule has 33 heavy (non-hydrogen) atoms. The molecule has 0 aliphatic carbocycles. The Bertz CT molecular complexity index is 1050. The summed E-state index contributed by atoms with van der Waals surface area (Å²) in [6, 6.07) is 15.0. The highest BCUT2D eigenvalue weighted by Crippen LogP contribution is 2.17. The van der Waals surface area contributed by atoms with Crippen LogP contribution in [0.15, 0.2) is 66.0 Å². The maximum atomic E-state index is 14.0. The van der Waals surface area contributed by atoms with Gasteiger partial charge in [-0.05, 0) is 41.3 Å². The summed E-state index contributed by atoms with van der Waals surface area (Å²) in [4.78, 5) is 29.9. The summed E-state index contributed by atoms with van der Waals surface area (Å²) < 4.78 is 32.4. The van der Waals surface area contributed by atoms with Gasteiger partial charge in [-0.2, -0.15) is 0 Å². The largest absolute Gasteiger partial charge is 0.383 e. The van der Waals surface area contributed by atoms with Crippen LogP contribution in [0.5, 0.6) is 0 Å². The van der Waals surface area contributed by atoms with Gasteiger partial charge >= 0.3 is 6.03 Å². The number of urea groups is 1. The number of hydrogen-bond acceptors (Lipinski definition) is 4. The second kappa shape index (κ2) is 12.1. The van der Waals surface area contributed by atoms with Gasteiger partial charge in [-0.15, -0.1) is 11.3 Å². The van der Waals surface area contributed by atoms with Crippen LogP contribution in [0.2, 0.25) is 0 Å². The molecular formula is C24H25F2N3O3S. The van der Waals surface area contributed by atoms with E-state index in [1.165, 1.54) is 53.7 Å². The van der Waals surface area contributed by atoms with Crippen molar-refractivity contribution >= 4 is 29.0 Å². The van der Waals surface area contributed by atoms with Gasteiger partial charge in [0.15, 0.2) is 0 Å². The molecule has 0 atom stereocenters. The molecule has 1 heterocycles. The fraction of sp³-hybridized carbons (Fsp3) is 0.250. The van der Waals surface area contributed by atoms with Crippen molar-refractivity contribution < 1.29 is 23.1 Å². The molecule has 6 nitrogen and oxygen atoms in total. The molecule has 0 bridgehead atoms. The standard InChI is InChI=1S/C24H25F2N3O3S/c1-32-13-12-28(24(31)27-22-7-3-2-6-21(22)26)17-23(30)29(16-20-5-4-14-33-20)15-18-8-10-19(25)11-9-18/h2-11,14H,12-13,15-17H2,1H3,(H,27,31). The highest BCUT2D eigenvalue weighted by Gasteiger charge is 2.23. The molecule has 3 aromatic rings. The van der Waals surface area contributed by atoms with Gasteiger partial charge in [-0.1, -0.05) is 30.3 Å². The maximum absolute atomic E-state index is 14.0. The second-order valence-corrected chi connectivity index (χ2v) is 8.31. The van der Waals surface area contributed by atoms with Crippen LogP contribution in [0.1, 0.15) is 10.4 Å². The number of carbonyl (C=O) groups excluding carboxylic acids is 2. The monoisotopic (exact) mass is 473 g/mol. The molecule has 0 aliphatic rings. The van der Waals surface area contributed by atoms with Gasteiger partial charge in [0.05, 0.1) is 18.8 Å². The summed E-state index contributed by atoms with van der Waals surface area (Å²) in [6.07, 6.45) is 0. The van der Waals surface area contributed by atoms with E-state index in [0.717, 1.165) is 10.4 Å². The van der Waals surface area contributed by atoms with Gasteiger partial charge in [0.2, 0.25) is 5.91 Å². The average molecular weight is 474 g/mol. The van der Waals surface area contributed by atoms with Crippen LogP contribution in [0.25, 0.3) is 0 Å². The maximum Gasteiger partial charge on any atom is 0.322 e. The number of thiophene rings is 1. The van der Waals surface area contributed by atoms with E-state index in [1.807, 2.05) is 17.5 Å². The Labute approximate surface area is 195 Å². The zero-order valence-corrected chi connectivity index (χ0v) is 19.0. The van der Waals surface area contributed by atoms with Crippen LogP contribution in [0.4, 0.5) is 19.3 Å². The molecule has 174 valence electrons. The first-order valence-electron chi connectivity index (χ1n) is 10.3. The third kappa shape index (κ3) is 7.37. The van der Waals surface area contributed by atoms with E-state index in [-0.39, 0.29) is 43.7 Å². The van der Waals surface area contributed by atoms with Crippen molar-refractivity contribution in [1.82, 2.24) is 9.80 Å². The lowest BCUT2D eigenvalue weighted by Gasteiger charge is -2.27. The van der Waals surface area contributed by atoms with Crippen molar-refractivity contribution in [3.63, 3.8) is 0 Å². The summed E-state index contributed by atoms with van der Waals surface area (Å²) in [7, 11) is 1.49. The van der Waals surface area contributed by atoms with E-state index in [0.29, 0.717) is 6.54 Å². The molecule has 0 spiro atoms. The molecule has 9 heteroatoms. The summed E-state index contributed by atoms with van der Waals surface area (Å²) in [5.74, 6) is -1.22. The summed E-state index contributed by atoms with van der Waals surface area (Å²) >= 11 is 1.52. The fourth-order valence-corrected chi connectivity index (χ4v) is 3.83. The van der Waals surface area contributed by atoms with Crippen LogP contribution in [0, 0.1) is 11.6 Å². The number of ether oxygens (including phenoxy) is 1. The van der Waals surface area contributed by atoms with Crippen molar-refractivity contribution in [3.8, 4) is 0 Å². The Kier molecular flexibility index (Phi) is 8.91. The van der Waals surface area contributed by atoms with Crippen LogP contribution >= 0.6 is 11.3 Å². The van der Waals surface area contributed by atoms with Crippen molar-refractivity contribution in [2.45, 2.75) is 13.1 Å². The molecule has 0 aliphatic heterocycles. The zero-order chi connectivity index (χ0) is 23.6. The van der Waals surface area contributed by atoms with E-state index in [4.69, 9.17) is 4.74 Å². The van der Waals surface area contributed by atoms with Crippen molar-refractivity contribution in [2.24, 2.45) is 0 Å². The Balaban J connectivity index is 1.75. The van der Waals surface area contributed by atoms with Gasteiger partial charge in [0, 0.05) is 25.1 Å². The van der Waals surface area contributed by atoms with Crippen molar-refractivity contribution in [1.29, 1.82) is 0 Å². The predicted molar refractivity (Wildman–Crippen MR) is 124 cm³/mol. The molecule has 2 aromatic carbocycles. The molecule has 1 aromatic heterocycles. The highest BCUT2D eigenvalue weighted by molar-refractivity contribution is 7.09. The number of hydrogen-bond donors (Lipinski definition) is 1. The topological polar surface area (TPSA) is 61.9 Å². The minimum Gasteiger partial charge on any atom is -0.383 e. The molecule has 3 amide bonds. The molecule has 3 rings (SSSR count). The molecular weight excluding hydrogens is 448 g/mol. The minimum atomic E-state index is -0.608. The summed E-state index contributed by atoms with van der Waals surface area (Å²) in [5, 5.41) is 4.43. The number of carbonyl (C=O) groups is 2. The summed E-state index contributed by atoms with van der Waals surface area (Å²) in [6.45, 7) is 0.730. The van der Waals surface area contributed by atoms with Crippen LogP contribution in [-0.2, 0) is 22.6 Å². The van der Waals surface area contributed by atoms with Gasteiger partial charge in [0.25, 0.3) is 0 Å². The van der Waals surface area contributed by atoms with Crippen molar-refractivity contribution in [2.75, 3.05) is 32.1 Å². The number of anilines is 1. The Morgan fingerprint density at radius 2 is 1.73 bits per heavy atom. The van der Waals surface area contributed by atoms with Gasteiger partial charge < -0.3 is 19.9 Å². The second-order valence-electron chi connectivity index (χ2n) is 7.28. The number of benzene rings is 2. The smallest absolute Gasteiger partial charge is 0.322 e. The lowest BCUT2D eigenvalue weighted by atomic mass is 10.2. The summed E-state index contributed by atoms with van der Waals surface area (Å²) in [5.41, 5.74) is 0.791. The normalized spacial score (nSPS) is 10.6. The first kappa shape index (κ1) is 24.3. The van der Waals surface area contributed by atoms with Crippen molar-refractivity contribution in [3.05, 3.63) is 88.1 Å². The van der Waals surface area contributed by atoms with E-state index in [1.54, 1.807) is 23.1 Å². The van der Waals surface area contributed by atoms with E-state index in [2.05, 4.69) is 5.32 Å².